The molecule has 0 atom stereocenters. The smallest absolute Gasteiger partial charge is 0.253 e. The lowest BCUT2D eigenvalue weighted by molar-refractivity contribution is 0.0827. The lowest BCUT2D eigenvalue weighted by Gasteiger charge is -2.09. The maximum atomic E-state index is 11.4. The minimum absolute atomic E-state index is 0.00794. The molecule has 4 heteroatoms. The van der Waals surface area contributed by atoms with Crippen molar-refractivity contribution in [2.75, 3.05) is 14.1 Å². The molecule has 0 aliphatic carbocycles. The SMILES string of the molecule is CN(C)C(=O)c1ccc(SN)cc1. The Bertz CT molecular complexity index is 295. The van der Waals surface area contributed by atoms with Crippen LogP contribution in [0.3, 0.4) is 0 Å². The first-order valence-corrected chi connectivity index (χ1v) is 4.71. The van der Waals surface area contributed by atoms with Gasteiger partial charge in [-0.25, -0.2) is 0 Å². The molecule has 1 rings (SSSR count). The van der Waals surface area contributed by atoms with Crippen molar-refractivity contribution in [3.8, 4) is 0 Å². The van der Waals surface area contributed by atoms with Gasteiger partial charge in [0.1, 0.15) is 0 Å². The van der Waals surface area contributed by atoms with Crippen LogP contribution in [0.5, 0.6) is 0 Å². The van der Waals surface area contributed by atoms with Gasteiger partial charge in [0.25, 0.3) is 5.91 Å². The van der Waals surface area contributed by atoms with Crippen LogP contribution in [0, 0.1) is 0 Å². The molecule has 0 spiro atoms. The quantitative estimate of drug-likeness (QED) is 0.726. The zero-order chi connectivity index (χ0) is 9.84. The van der Waals surface area contributed by atoms with Crippen molar-refractivity contribution < 1.29 is 4.79 Å². The number of hydrogen-bond acceptors (Lipinski definition) is 3. The van der Waals surface area contributed by atoms with E-state index in [1.807, 2.05) is 12.1 Å². The van der Waals surface area contributed by atoms with Crippen molar-refractivity contribution in [2.45, 2.75) is 4.90 Å². The molecule has 0 saturated carbocycles. The maximum Gasteiger partial charge on any atom is 0.253 e. The molecule has 0 saturated heterocycles. The molecular formula is C9H12N2OS. The highest BCUT2D eigenvalue weighted by atomic mass is 32.2. The molecule has 2 N–H and O–H groups in total. The van der Waals surface area contributed by atoms with Gasteiger partial charge >= 0.3 is 0 Å². The van der Waals surface area contributed by atoms with Crippen molar-refractivity contribution in [1.29, 1.82) is 0 Å². The van der Waals surface area contributed by atoms with Gasteiger partial charge in [-0.2, -0.15) is 0 Å². The fourth-order valence-electron chi connectivity index (χ4n) is 0.934. The second kappa shape index (κ2) is 4.30. The number of rotatable bonds is 2. The first kappa shape index (κ1) is 10.1. The number of nitrogens with zero attached hydrogens (tertiary/aromatic N) is 1. The molecule has 70 valence electrons. The Morgan fingerprint density at radius 1 is 1.31 bits per heavy atom. The Hall–Kier alpha value is -1.00. The van der Waals surface area contributed by atoms with Crippen molar-refractivity contribution in [3.63, 3.8) is 0 Å². The number of hydrogen-bond donors (Lipinski definition) is 1. The summed E-state index contributed by atoms with van der Waals surface area (Å²) in [5, 5.41) is 5.36. The van der Waals surface area contributed by atoms with Crippen LogP contribution in [0.1, 0.15) is 10.4 Å². The van der Waals surface area contributed by atoms with E-state index in [0.717, 1.165) is 4.90 Å². The summed E-state index contributed by atoms with van der Waals surface area (Å²) in [5.74, 6) is 0.00794. The Morgan fingerprint density at radius 3 is 2.23 bits per heavy atom. The summed E-state index contributed by atoms with van der Waals surface area (Å²) in [5.41, 5.74) is 0.683. The first-order chi connectivity index (χ1) is 6.15. The van der Waals surface area contributed by atoms with Gasteiger partial charge in [-0.3, -0.25) is 9.93 Å². The van der Waals surface area contributed by atoms with E-state index in [-0.39, 0.29) is 5.91 Å². The van der Waals surface area contributed by atoms with Gasteiger partial charge < -0.3 is 4.90 Å². The van der Waals surface area contributed by atoms with Crippen LogP contribution in [0.15, 0.2) is 29.2 Å². The van der Waals surface area contributed by atoms with Gasteiger partial charge in [-0.05, 0) is 36.2 Å². The normalized spacial score (nSPS) is 9.77. The van der Waals surface area contributed by atoms with E-state index in [2.05, 4.69) is 0 Å². The third-order valence-corrected chi connectivity index (χ3v) is 2.19. The molecule has 13 heavy (non-hydrogen) atoms. The van der Waals surface area contributed by atoms with E-state index >= 15 is 0 Å². The van der Waals surface area contributed by atoms with Crippen LogP contribution in [0.25, 0.3) is 0 Å². The molecule has 1 amide bonds. The molecule has 0 unspecified atom stereocenters. The molecule has 0 radical (unpaired) electrons. The lowest BCUT2D eigenvalue weighted by atomic mass is 10.2. The Kier molecular flexibility index (Phi) is 3.33. The van der Waals surface area contributed by atoms with Crippen molar-refractivity contribution in [2.24, 2.45) is 5.14 Å². The van der Waals surface area contributed by atoms with Crippen LogP contribution in [-0.4, -0.2) is 24.9 Å². The van der Waals surface area contributed by atoms with Crippen molar-refractivity contribution in [3.05, 3.63) is 29.8 Å². The van der Waals surface area contributed by atoms with Crippen molar-refractivity contribution >= 4 is 17.9 Å². The third-order valence-electron chi connectivity index (χ3n) is 1.64. The molecule has 1 aromatic rings. The van der Waals surface area contributed by atoms with Gasteiger partial charge in [-0.1, -0.05) is 0 Å². The second-order valence-electron chi connectivity index (χ2n) is 2.84. The summed E-state index contributed by atoms with van der Waals surface area (Å²) in [7, 11) is 3.46. The number of benzene rings is 1. The minimum Gasteiger partial charge on any atom is -0.345 e. The van der Waals surface area contributed by atoms with Crippen LogP contribution in [0.2, 0.25) is 0 Å². The fraction of sp³-hybridized carbons (Fsp3) is 0.222. The van der Waals surface area contributed by atoms with Crippen LogP contribution in [0.4, 0.5) is 0 Å². The summed E-state index contributed by atoms with van der Waals surface area (Å²) in [6, 6.07) is 7.22. The average Bonchev–Trinajstić information content (AvgIpc) is 2.17. The highest BCUT2D eigenvalue weighted by Gasteiger charge is 2.06. The maximum absolute atomic E-state index is 11.4. The Labute approximate surface area is 82.0 Å². The summed E-state index contributed by atoms with van der Waals surface area (Å²) in [6.07, 6.45) is 0. The Balaban J connectivity index is 2.86. The molecule has 1 aromatic carbocycles. The highest BCUT2D eigenvalue weighted by molar-refractivity contribution is 7.97. The standard InChI is InChI=1S/C9H12N2OS/c1-11(2)9(12)7-3-5-8(13-10)6-4-7/h3-6H,10H2,1-2H3. The zero-order valence-electron chi connectivity index (χ0n) is 7.65. The van der Waals surface area contributed by atoms with E-state index in [0.29, 0.717) is 5.56 Å². The second-order valence-corrected chi connectivity index (χ2v) is 3.55. The van der Waals surface area contributed by atoms with Crippen LogP contribution >= 0.6 is 11.9 Å². The Morgan fingerprint density at radius 2 is 1.85 bits per heavy atom. The molecule has 3 nitrogen and oxygen atoms in total. The number of nitrogens with two attached hydrogens (primary N) is 1. The summed E-state index contributed by atoms with van der Waals surface area (Å²) < 4.78 is 0. The lowest BCUT2D eigenvalue weighted by Crippen LogP contribution is -2.21. The molecule has 0 aromatic heterocycles. The molecule has 0 heterocycles. The van der Waals surface area contributed by atoms with Gasteiger partial charge in [0.2, 0.25) is 0 Å². The van der Waals surface area contributed by atoms with Gasteiger partial charge in [0, 0.05) is 24.6 Å². The largest absolute Gasteiger partial charge is 0.345 e. The van der Waals surface area contributed by atoms with Crippen LogP contribution in [-0.2, 0) is 0 Å². The zero-order valence-corrected chi connectivity index (χ0v) is 8.47. The molecule has 0 bridgehead atoms. The van der Waals surface area contributed by atoms with E-state index in [4.69, 9.17) is 5.14 Å². The first-order valence-electron chi connectivity index (χ1n) is 3.83. The van der Waals surface area contributed by atoms with E-state index in [1.54, 1.807) is 31.1 Å². The number of carbonyl (C=O) groups is 1. The molecule has 0 aliphatic heterocycles. The summed E-state index contributed by atoms with van der Waals surface area (Å²) in [6.45, 7) is 0. The van der Waals surface area contributed by atoms with E-state index in [9.17, 15) is 4.79 Å². The van der Waals surface area contributed by atoms with Gasteiger partial charge in [-0.15, -0.1) is 0 Å². The number of carbonyl (C=O) groups excluding carboxylic acids is 1. The van der Waals surface area contributed by atoms with E-state index in [1.165, 1.54) is 11.9 Å². The predicted molar refractivity (Wildman–Crippen MR) is 54.5 cm³/mol. The number of amides is 1. The molecular weight excluding hydrogens is 184 g/mol. The fourth-order valence-corrected chi connectivity index (χ4v) is 1.23. The van der Waals surface area contributed by atoms with Gasteiger partial charge in [0.05, 0.1) is 0 Å². The summed E-state index contributed by atoms with van der Waals surface area (Å²) in [4.78, 5) is 13.9. The van der Waals surface area contributed by atoms with E-state index < -0.39 is 0 Å². The van der Waals surface area contributed by atoms with Gasteiger partial charge in [0.15, 0.2) is 0 Å². The minimum atomic E-state index is 0.00794. The average molecular weight is 196 g/mol. The van der Waals surface area contributed by atoms with Crippen LogP contribution < -0.4 is 5.14 Å². The topological polar surface area (TPSA) is 46.3 Å². The summed E-state index contributed by atoms with van der Waals surface area (Å²) >= 11 is 1.17. The monoisotopic (exact) mass is 196 g/mol. The van der Waals surface area contributed by atoms with Crippen molar-refractivity contribution in [1.82, 2.24) is 4.90 Å². The predicted octanol–water partition coefficient (Wildman–Crippen LogP) is 1.35. The molecule has 0 fully saturated rings. The highest BCUT2D eigenvalue weighted by Crippen LogP contribution is 2.12. The molecule has 0 aliphatic rings. The third kappa shape index (κ3) is 2.47.